The first-order chi connectivity index (χ1) is 5.74. The Morgan fingerprint density at radius 3 is 2.83 bits per heavy atom. The SMILES string of the molecule is CC1NC(=NCCCF)SC1C. The molecule has 1 aliphatic heterocycles. The number of hydrogen-bond acceptors (Lipinski definition) is 2. The Hall–Kier alpha value is -0.250. The predicted molar refractivity (Wildman–Crippen MR) is 52.5 cm³/mol. The molecule has 2 nitrogen and oxygen atoms in total. The number of hydrogen-bond donors (Lipinski definition) is 1. The van der Waals surface area contributed by atoms with Crippen molar-refractivity contribution >= 4 is 16.9 Å². The van der Waals surface area contributed by atoms with Crippen LogP contribution in [0.2, 0.25) is 0 Å². The summed E-state index contributed by atoms with van der Waals surface area (Å²) in [7, 11) is 0. The van der Waals surface area contributed by atoms with Crippen molar-refractivity contribution in [1.82, 2.24) is 5.32 Å². The molecule has 0 radical (unpaired) electrons. The van der Waals surface area contributed by atoms with Crippen molar-refractivity contribution in [2.75, 3.05) is 13.2 Å². The molecule has 2 atom stereocenters. The van der Waals surface area contributed by atoms with Crippen LogP contribution in [0.15, 0.2) is 4.99 Å². The second-order valence-electron chi connectivity index (χ2n) is 2.99. The van der Waals surface area contributed by atoms with Gasteiger partial charge in [0.1, 0.15) is 0 Å². The van der Waals surface area contributed by atoms with Gasteiger partial charge in [-0.05, 0) is 13.3 Å². The van der Waals surface area contributed by atoms with Gasteiger partial charge in [-0.3, -0.25) is 9.38 Å². The summed E-state index contributed by atoms with van der Waals surface area (Å²) in [6, 6.07) is 0.485. The average Bonchev–Trinajstić information content (AvgIpc) is 2.32. The van der Waals surface area contributed by atoms with Crippen molar-refractivity contribution in [1.29, 1.82) is 0 Å². The molecular weight excluding hydrogens is 175 g/mol. The van der Waals surface area contributed by atoms with E-state index in [1.165, 1.54) is 0 Å². The van der Waals surface area contributed by atoms with Crippen molar-refractivity contribution in [2.24, 2.45) is 4.99 Å². The van der Waals surface area contributed by atoms with Crippen molar-refractivity contribution < 1.29 is 4.39 Å². The fourth-order valence-electron chi connectivity index (χ4n) is 0.948. The zero-order chi connectivity index (χ0) is 8.97. The number of nitrogens with one attached hydrogen (secondary N) is 1. The van der Waals surface area contributed by atoms with E-state index in [0.29, 0.717) is 24.3 Å². The molecule has 1 aliphatic rings. The van der Waals surface area contributed by atoms with Gasteiger partial charge in [0, 0.05) is 17.8 Å². The number of rotatable bonds is 3. The second kappa shape index (κ2) is 4.70. The van der Waals surface area contributed by atoms with E-state index in [1.807, 2.05) is 0 Å². The van der Waals surface area contributed by atoms with E-state index in [1.54, 1.807) is 11.8 Å². The molecule has 0 aromatic heterocycles. The van der Waals surface area contributed by atoms with E-state index in [-0.39, 0.29) is 6.67 Å². The van der Waals surface area contributed by atoms with Crippen LogP contribution in [0.25, 0.3) is 0 Å². The Bertz CT molecular complexity index is 160. The number of nitrogens with zero attached hydrogens (tertiary/aromatic N) is 1. The zero-order valence-electron chi connectivity index (χ0n) is 7.51. The molecule has 1 fully saturated rings. The molecule has 1 N–H and O–H groups in total. The molecule has 12 heavy (non-hydrogen) atoms. The third kappa shape index (κ3) is 2.66. The maximum Gasteiger partial charge on any atom is 0.157 e. The Labute approximate surface area is 77.0 Å². The summed E-state index contributed by atoms with van der Waals surface area (Å²) in [5.74, 6) is 0. The van der Waals surface area contributed by atoms with Crippen LogP contribution < -0.4 is 5.32 Å². The van der Waals surface area contributed by atoms with E-state index in [0.717, 1.165) is 5.17 Å². The van der Waals surface area contributed by atoms with Crippen LogP contribution >= 0.6 is 11.8 Å². The lowest BCUT2D eigenvalue weighted by atomic mass is 10.3. The molecule has 4 heteroatoms. The molecular formula is C8H15FN2S. The summed E-state index contributed by atoms with van der Waals surface area (Å²) in [6.07, 6.45) is 0.536. The highest BCUT2D eigenvalue weighted by Crippen LogP contribution is 2.22. The van der Waals surface area contributed by atoms with Gasteiger partial charge >= 0.3 is 0 Å². The summed E-state index contributed by atoms with van der Waals surface area (Å²) < 4.78 is 11.7. The van der Waals surface area contributed by atoms with E-state index >= 15 is 0 Å². The predicted octanol–water partition coefficient (Wildman–Crippen LogP) is 1.82. The number of halogens is 1. The molecule has 0 aliphatic carbocycles. The molecule has 0 aromatic rings. The molecule has 0 aromatic carbocycles. The zero-order valence-corrected chi connectivity index (χ0v) is 8.33. The summed E-state index contributed by atoms with van der Waals surface area (Å²) in [4.78, 5) is 4.24. The highest BCUT2D eigenvalue weighted by molar-refractivity contribution is 8.14. The lowest BCUT2D eigenvalue weighted by Gasteiger charge is -2.04. The molecule has 0 saturated carbocycles. The van der Waals surface area contributed by atoms with Gasteiger partial charge < -0.3 is 5.32 Å². The fourth-order valence-corrected chi connectivity index (χ4v) is 1.99. The smallest absolute Gasteiger partial charge is 0.157 e. The molecule has 0 bridgehead atoms. The van der Waals surface area contributed by atoms with Crippen LogP contribution in [0.1, 0.15) is 20.3 Å². The number of thioether (sulfide) groups is 1. The van der Waals surface area contributed by atoms with Crippen LogP contribution in [0.3, 0.4) is 0 Å². The third-order valence-electron chi connectivity index (χ3n) is 1.90. The van der Waals surface area contributed by atoms with Crippen molar-refractivity contribution in [3.8, 4) is 0 Å². The quantitative estimate of drug-likeness (QED) is 0.686. The summed E-state index contributed by atoms with van der Waals surface area (Å²) >= 11 is 1.74. The Balaban J connectivity index is 2.30. The minimum absolute atomic E-state index is 0.271. The minimum atomic E-state index is -0.271. The van der Waals surface area contributed by atoms with Crippen LogP contribution in [0.5, 0.6) is 0 Å². The molecule has 1 saturated heterocycles. The third-order valence-corrected chi connectivity index (χ3v) is 3.15. The van der Waals surface area contributed by atoms with E-state index in [9.17, 15) is 4.39 Å². The van der Waals surface area contributed by atoms with Gasteiger partial charge in [0.05, 0.1) is 6.67 Å². The lowest BCUT2D eigenvalue weighted by molar-refractivity contribution is 0.477. The molecule has 70 valence electrons. The van der Waals surface area contributed by atoms with Gasteiger partial charge in [0.2, 0.25) is 0 Å². The normalized spacial score (nSPS) is 32.4. The van der Waals surface area contributed by atoms with Crippen LogP contribution in [0.4, 0.5) is 4.39 Å². The van der Waals surface area contributed by atoms with Gasteiger partial charge in [0.25, 0.3) is 0 Å². The summed E-state index contributed by atoms with van der Waals surface area (Å²) in [5.41, 5.74) is 0. The van der Waals surface area contributed by atoms with E-state index < -0.39 is 0 Å². The molecule has 0 spiro atoms. The number of alkyl halides is 1. The van der Waals surface area contributed by atoms with Gasteiger partial charge in [0.15, 0.2) is 5.17 Å². The van der Waals surface area contributed by atoms with Gasteiger partial charge in [-0.2, -0.15) is 0 Å². The van der Waals surface area contributed by atoms with Crippen molar-refractivity contribution in [3.05, 3.63) is 0 Å². The largest absolute Gasteiger partial charge is 0.361 e. The topological polar surface area (TPSA) is 24.4 Å². The number of amidine groups is 1. The minimum Gasteiger partial charge on any atom is -0.361 e. The lowest BCUT2D eigenvalue weighted by Crippen LogP contribution is -2.26. The highest BCUT2D eigenvalue weighted by atomic mass is 32.2. The van der Waals surface area contributed by atoms with Gasteiger partial charge in [-0.1, -0.05) is 18.7 Å². The summed E-state index contributed by atoms with van der Waals surface area (Å²) in [6.45, 7) is 4.63. The Morgan fingerprint density at radius 2 is 2.33 bits per heavy atom. The van der Waals surface area contributed by atoms with Gasteiger partial charge in [-0.25, -0.2) is 0 Å². The first kappa shape index (κ1) is 9.84. The first-order valence-electron chi connectivity index (χ1n) is 4.27. The maximum absolute atomic E-state index is 11.7. The Morgan fingerprint density at radius 1 is 1.58 bits per heavy atom. The van der Waals surface area contributed by atoms with Crippen LogP contribution in [-0.4, -0.2) is 29.7 Å². The molecule has 1 heterocycles. The highest BCUT2D eigenvalue weighted by Gasteiger charge is 2.23. The molecule has 2 unspecified atom stereocenters. The van der Waals surface area contributed by atoms with Crippen molar-refractivity contribution in [3.63, 3.8) is 0 Å². The van der Waals surface area contributed by atoms with E-state index in [2.05, 4.69) is 24.2 Å². The average molecular weight is 190 g/mol. The molecule has 1 rings (SSSR count). The number of aliphatic imine (C=N–C) groups is 1. The monoisotopic (exact) mass is 190 g/mol. The standard InChI is InChI=1S/C8H15FN2S/c1-6-7(2)12-8(11-6)10-5-3-4-9/h6-7H,3-5H2,1-2H3,(H,10,11). The fraction of sp³-hybridized carbons (Fsp3) is 0.875. The Kier molecular flexibility index (Phi) is 3.85. The molecule has 0 amide bonds. The van der Waals surface area contributed by atoms with Gasteiger partial charge in [-0.15, -0.1) is 0 Å². The van der Waals surface area contributed by atoms with E-state index in [4.69, 9.17) is 0 Å². The second-order valence-corrected chi connectivity index (χ2v) is 4.35. The van der Waals surface area contributed by atoms with Crippen LogP contribution in [0, 0.1) is 0 Å². The van der Waals surface area contributed by atoms with Crippen molar-refractivity contribution in [2.45, 2.75) is 31.6 Å². The maximum atomic E-state index is 11.7. The first-order valence-corrected chi connectivity index (χ1v) is 5.15. The summed E-state index contributed by atoms with van der Waals surface area (Å²) in [5, 5.41) is 4.81. The van der Waals surface area contributed by atoms with Crippen LogP contribution in [-0.2, 0) is 0 Å².